The van der Waals surface area contributed by atoms with E-state index in [1.807, 2.05) is 18.2 Å². The van der Waals surface area contributed by atoms with E-state index in [0.717, 1.165) is 15.8 Å². The third-order valence-corrected chi connectivity index (χ3v) is 2.81. The quantitative estimate of drug-likeness (QED) is 0.783. The minimum atomic E-state index is 0.249. The lowest BCUT2D eigenvalue weighted by molar-refractivity contribution is 0.364. The number of nitrogens with one attached hydrogen (secondary N) is 2. The Balaban J connectivity index is 1.97. The van der Waals surface area contributed by atoms with E-state index in [9.17, 15) is 0 Å². The van der Waals surface area contributed by atoms with Gasteiger partial charge in [-0.05, 0) is 18.2 Å². The average Bonchev–Trinajstić information content (AvgIpc) is 2.91. The molecule has 0 amide bonds. The standard InChI is InChI=1S/C12H12BrN5O/c1-2-5-19-11-4-3-10(13)6-9(11)7-14-8-12-15-17-18-16-12/h1,3-4,6,14H,5,7-8H2,(H,15,16,17,18). The first-order valence-electron chi connectivity index (χ1n) is 5.57. The minimum Gasteiger partial charge on any atom is -0.481 e. The van der Waals surface area contributed by atoms with Gasteiger partial charge in [-0.15, -0.1) is 16.6 Å². The maximum absolute atomic E-state index is 5.48. The Morgan fingerprint density at radius 2 is 2.32 bits per heavy atom. The van der Waals surface area contributed by atoms with E-state index in [2.05, 4.69) is 47.8 Å². The van der Waals surface area contributed by atoms with Gasteiger partial charge in [-0.25, -0.2) is 0 Å². The molecular formula is C12H12BrN5O. The third-order valence-electron chi connectivity index (χ3n) is 2.32. The normalized spacial score (nSPS) is 10.1. The molecule has 0 spiro atoms. The molecule has 6 nitrogen and oxygen atoms in total. The van der Waals surface area contributed by atoms with Crippen LogP contribution in [0.15, 0.2) is 22.7 Å². The highest BCUT2D eigenvalue weighted by Crippen LogP contribution is 2.23. The summed E-state index contributed by atoms with van der Waals surface area (Å²) in [6.45, 7) is 1.39. The van der Waals surface area contributed by atoms with Gasteiger partial charge < -0.3 is 10.1 Å². The van der Waals surface area contributed by atoms with E-state index in [4.69, 9.17) is 11.2 Å². The van der Waals surface area contributed by atoms with Gasteiger partial charge in [-0.2, -0.15) is 5.21 Å². The van der Waals surface area contributed by atoms with Crippen molar-refractivity contribution in [3.63, 3.8) is 0 Å². The van der Waals surface area contributed by atoms with E-state index >= 15 is 0 Å². The Bertz CT molecular complexity index is 564. The summed E-state index contributed by atoms with van der Waals surface area (Å²) in [5.74, 6) is 3.83. The number of nitrogens with zero attached hydrogens (tertiary/aromatic N) is 3. The lowest BCUT2D eigenvalue weighted by Gasteiger charge is -2.10. The fraction of sp³-hybridized carbons (Fsp3) is 0.250. The summed E-state index contributed by atoms with van der Waals surface area (Å²) in [5, 5.41) is 16.8. The minimum absolute atomic E-state index is 0.249. The average molecular weight is 322 g/mol. The Kier molecular flexibility index (Phi) is 4.89. The van der Waals surface area contributed by atoms with Crippen LogP contribution >= 0.6 is 15.9 Å². The Morgan fingerprint density at radius 1 is 1.42 bits per heavy atom. The van der Waals surface area contributed by atoms with Gasteiger partial charge in [0.1, 0.15) is 12.4 Å². The van der Waals surface area contributed by atoms with Gasteiger partial charge in [0.15, 0.2) is 5.82 Å². The Hall–Kier alpha value is -1.91. The monoisotopic (exact) mass is 321 g/mol. The summed E-state index contributed by atoms with van der Waals surface area (Å²) < 4.78 is 6.47. The van der Waals surface area contributed by atoms with Gasteiger partial charge in [0.2, 0.25) is 0 Å². The number of hydrogen-bond acceptors (Lipinski definition) is 5. The summed E-state index contributed by atoms with van der Waals surface area (Å²) in [5.41, 5.74) is 1.01. The molecule has 2 aromatic rings. The number of terminal acetylenes is 1. The number of rotatable bonds is 6. The number of aromatic amines is 1. The van der Waals surface area contributed by atoms with Crippen molar-refractivity contribution in [2.24, 2.45) is 0 Å². The first-order valence-corrected chi connectivity index (χ1v) is 6.36. The zero-order valence-electron chi connectivity index (χ0n) is 10.1. The number of hydrogen-bond donors (Lipinski definition) is 2. The van der Waals surface area contributed by atoms with Crippen LogP contribution in [0.1, 0.15) is 11.4 Å². The van der Waals surface area contributed by atoms with Crippen molar-refractivity contribution in [2.75, 3.05) is 6.61 Å². The van der Waals surface area contributed by atoms with Gasteiger partial charge in [-0.1, -0.05) is 27.1 Å². The van der Waals surface area contributed by atoms with E-state index in [0.29, 0.717) is 18.9 Å². The van der Waals surface area contributed by atoms with E-state index < -0.39 is 0 Å². The first-order chi connectivity index (χ1) is 9.29. The highest BCUT2D eigenvalue weighted by Gasteiger charge is 2.05. The number of ether oxygens (including phenoxy) is 1. The molecule has 0 aliphatic heterocycles. The third kappa shape index (κ3) is 4.05. The highest BCUT2D eigenvalue weighted by atomic mass is 79.9. The van der Waals surface area contributed by atoms with Crippen LogP contribution in [0.5, 0.6) is 5.75 Å². The second-order valence-corrected chi connectivity index (χ2v) is 4.59. The van der Waals surface area contributed by atoms with Crippen molar-refractivity contribution in [1.82, 2.24) is 25.9 Å². The van der Waals surface area contributed by atoms with Crippen molar-refractivity contribution in [3.8, 4) is 18.1 Å². The molecule has 1 heterocycles. The van der Waals surface area contributed by atoms with Crippen LogP contribution in [-0.4, -0.2) is 27.2 Å². The summed E-state index contributed by atoms with van der Waals surface area (Å²) in [6, 6.07) is 5.77. The fourth-order valence-corrected chi connectivity index (χ4v) is 1.92. The molecule has 0 aliphatic rings. The number of aromatic nitrogens is 4. The van der Waals surface area contributed by atoms with Crippen LogP contribution in [0.3, 0.4) is 0 Å². The molecule has 0 saturated carbocycles. The Morgan fingerprint density at radius 3 is 3.05 bits per heavy atom. The molecule has 0 unspecified atom stereocenters. The van der Waals surface area contributed by atoms with Gasteiger partial charge in [0.25, 0.3) is 0 Å². The molecule has 0 bridgehead atoms. The molecule has 0 atom stereocenters. The summed E-state index contributed by atoms with van der Waals surface area (Å²) in [7, 11) is 0. The largest absolute Gasteiger partial charge is 0.481 e. The molecule has 1 aromatic carbocycles. The van der Waals surface area contributed by atoms with Crippen LogP contribution in [0.25, 0.3) is 0 Å². The van der Waals surface area contributed by atoms with Gasteiger partial charge in [0, 0.05) is 16.6 Å². The van der Waals surface area contributed by atoms with Crippen molar-refractivity contribution in [2.45, 2.75) is 13.1 Å². The molecule has 0 aliphatic carbocycles. The molecule has 7 heteroatoms. The van der Waals surface area contributed by atoms with Crippen LogP contribution in [0.2, 0.25) is 0 Å². The number of halogens is 1. The predicted octanol–water partition coefficient (Wildman–Crippen LogP) is 1.26. The maximum atomic E-state index is 5.48. The molecule has 0 fully saturated rings. The molecule has 0 radical (unpaired) electrons. The topological polar surface area (TPSA) is 75.7 Å². The zero-order valence-corrected chi connectivity index (χ0v) is 11.6. The summed E-state index contributed by atoms with van der Waals surface area (Å²) in [6.07, 6.45) is 5.19. The maximum Gasteiger partial charge on any atom is 0.188 e. The van der Waals surface area contributed by atoms with Crippen molar-refractivity contribution < 1.29 is 4.74 Å². The van der Waals surface area contributed by atoms with Crippen molar-refractivity contribution in [3.05, 3.63) is 34.1 Å². The lowest BCUT2D eigenvalue weighted by atomic mass is 10.2. The van der Waals surface area contributed by atoms with E-state index in [1.165, 1.54) is 0 Å². The SMILES string of the molecule is C#CCOc1ccc(Br)cc1CNCc1nn[nH]n1. The van der Waals surface area contributed by atoms with Crippen molar-refractivity contribution in [1.29, 1.82) is 0 Å². The smallest absolute Gasteiger partial charge is 0.188 e. The second kappa shape index (κ2) is 6.87. The summed E-state index contributed by atoms with van der Waals surface area (Å²) in [4.78, 5) is 0. The molecule has 98 valence electrons. The van der Waals surface area contributed by atoms with Crippen LogP contribution in [-0.2, 0) is 13.1 Å². The number of tetrazole rings is 1. The van der Waals surface area contributed by atoms with Crippen LogP contribution in [0.4, 0.5) is 0 Å². The second-order valence-electron chi connectivity index (χ2n) is 3.68. The Labute approximate surface area is 119 Å². The van der Waals surface area contributed by atoms with Crippen molar-refractivity contribution >= 4 is 15.9 Å². The molecule has 0 saturated heterocycles. The van der Waals surface area contributed by atoms with Gasteiger partial charge >= 0.3 is 0 Å². The zero-order chi connectivity index (χ0) is 13.5. The first kappa shape index (κ1) is 13.5. The number of benzene rings is 1. The molecule has 2 rings (SSSR count). The number of H-pyrrole nitrogens is 1. The van der Waals surface area contributed by atoms with E-state index in [-0.39, 0.29) is 6.61 Å². The van der Waals surface area contributed by atoms with Gasteiger partial charge in [-0.3, -0.25) is 0 Å². The molecular weight excluding hydrogens is 310 g/mol. The highest BCUT2D eigenvalue weighted by molar-refractivity contribution is 9.10. The van der Waals surface area contributed by atoms with Crippen LogP contribution < -0.4 is 10.1 Å². The van der Waals surface area contributed by atoms with Crippen LogP contribution in [0, 0.1) is 12.3 Å². The lowest BCUT2D eigenvalue weighted by Crippen LogP contribution is -2.14. The molecule has 2 N–H and O–H groups in total. The predicted molar refractivity (Wildman–Crippen MR) is 73.2 cm³/mol. The summed E-state index contributed by atoms with van der Waals surface area (Å²) >= 11 is 3.43. The molecule has 19 heavy (non-hydrogen) atoms. The van der Waals surface area contributed by atoms with E-state index in [1.54, 1.807) is 0 Å². The fourth-order valence-electron chi connectivity index (χ4n) is 1.51. The molecule has 1 aromatic heterocycles. The van der Waals surface area contributed by atoms with Gasteiger partial charge in [0.05, 0.1) is 6.54 Å².